The lowest BCUT2D eigenvalue weighted by atomic mass is 10.0. The largest absolute Gasteiger partial charge is 0.481 e. The molecule has 1 aromatic rings. The Bertz CT molecular complexity index is 298. The molecule has 3 heteroatoms. The third-order valence-electron chi connectivity index (χ3n) is 2.20. The van der Waals surface area contributed by atoms with Crippen LogP contribution in [0.1, 0.15) is 12.5 Å². The van der Waals surface area contributed by atoms with Crippen LogP contribution in [0.15, 0.2) is 30.3 Å². The van der Waals surface area contributed by atoms with E-state index in [1.54, 1.807) is 11.8 Å². The molecule has 0 aliphatic heterocycles. The van der Waals surface area contributed by atoms with Gasteiger partial charge in [-0.2, -0.15) is 11.8 Å². The smallest absolute Gasteiger partial charge is 0.307 e. The maximum absolute atomic E-state index is 11.0. The van der Waals surface area contributed by atoms with Gasteiger partial charge < -0.3 is 5.11 Å². The fourth-order valence-corrected chi connectivity index (χ4v) is 2.16. The van der Waals surface area contributed by atoms with Crippen LogP contribution in [-0.4, -0.2) is 22.6 Å². The van der Waals surface area contributed by atoms with E-state index in [4.69, 9.17) is 5.11 Å². The zero-order valence-corrected chi connectivity index (χ0v) is 9.67. The van der Waals surface area contributed by atoms with Gasteiger partial charge >= 0.3 is 5.97 Å². The zero-order valence-electron chi connectivity index (χ0n) is 8.85. The average Bonchev–Trinajstić information content (AvgIpc) is 2.25. The summed E-state index contributed by atoms with van der Waals surface area (Å²) in [4.78, 5) is 11.0. The van der Waals surface area contributed by atoms with E-state index in [1.165, 1.54) is 0 Å². The maximum atomic E-state index is 11.0. The quantitative estimate of drug-likeness (QED) is 0.807. The van der Waals surface area contributed by atoms with Crippen molar-refractivity contribution in [2.45, 2.75) is 13.3 Å². The van der Waals surface area contributed by atoms with Gasteiger partial charge in [-0.25, -0.2) is 0 Å². The van der Waals surface area contributed by atoms with Gasteiger partial charge in [-0.1, -0.05) is 37.3 Å². The minimum atomic E-state index is -0.695. The second-order valence-electron chi connectivity index (χ2n) is 3.38. The van der Waals surface area contributed by atoms with Crippen LogP contribution < -0.4 is 0 Å². The molecule has 0 aliphatic rings. The summed E-state index contributed by atoms with van der Waals surface area (Å²) in [5.74, 6) is 0.705. The van der Waals surface area contributed by atoms with Crippen LogP contribution in [0.25, 0.3) is 0 Å². The van der Waals surface area contributed by atoms with Crippen molar-refractivity contribution < 1.29 is 9.90 Å². The lowest BCUT2D eigenvalue weighted by Gasteiger charge is -2.11. The highest BCUT2D eigenvalue weighted by Crippen LogP contribution is 2.14. The van der Waals surface area contributed by atoms with E-state index in [0.29, 0.717) is 12.2 Å². The molecular weight excluding hydrogens is 208 g/mol. The summed E-state index contributed by atoms with van der Waals surface area (Å²) in [5.41, 5.74) is 1.10. The Kier molecular flexibility index (Phi) is 5.26. The number of carboxylic acid groups (broad SMARTS) is 1. The Morgan fingerprint density at radius 2 is 2.07 bits per heavy atom. The van der Waals surface area contributed by atoms with Crippen molar-refractivity contribution in [3.63, 3.8) is 0 Å². The SMILES string of the molecule is CCSC[C@@H](Cc1ccccc1)C(=O)O. The standard InChI is InChI=1S/C12H16O2S/c1-2-15-9-11(12(13)14)8-10-6-4-3-5-7-10/h3-7,11H,2,8-9H2,1H3,(H,13,14)/t11-/m1/s1. The highest BCUT2D eigenvalue weighted by Gasteiger charge is 2.17. The van der Waals surface area contributed by atoms with Crippen molar-refractivity contribution >= 4 is 17.7 Å². The summed E-state index contributed by atoms with van der Waals surface area (Å²) in [5, 5.41) is 9.05. The van der Waals surface area contributed by atoms with Gasteiger partial charge in [0.1, 0.15) is 0 Å². The molecule has 0 bridgehead atoms. The molecule has 0 saturated heterocycles. The fourth-order valence-electron chi connectivity index (χ4n) is 1.38. The number of carbonyl (C=O) groups is 1. The van der Waals surface area contributed by atoms with E-state index >= 15 is 0 Å². The lowest BCUT2D eigenvalue weighted by Crippen LogP contribution is -2.19. The van der Waals surface area contributed by atoms with Crippen molar-refractivity contribution in [1.29, 1.82) is 0 Å². The van der Waals surface area contributed by atoms with Crippen LogP contribution >= 0.6 is 11.8 Å². The number of thioether (sulfide) groups is 1. The second-order valence-corrected chi connectivity index (χ2v) is 4.70. The van der Waals surface area contributed by atoms with Crippen molar-refractivity contribution in [3.8, 4) is 0 Å². The highest BCUT2D eigenvalue weighted by atomic mass is 32.2. The van der Waals surface area contributed by atoms with Crippen LogP contribution in [0.4, 0.5) is 0 Å². The predicted molar refractivity (Wildman–Crippen MR) is 64.3 cm³/mol. The molecule has 82 valence electrons. The summed E-state index contributed by atoms with van der Waals surface area (Å²) in [6, 6.07) is 9.79. The molecule has 0 radical (unpaired) electrons. The van der Waals surface area contributed by atoms with Gasteiger partial charge in [0.15, 0.2) is 0 Å². The first-order valence-electron chi connectivity index (χ1n) is 5.08. The molecule has 0 heterocycles. The molecule has 0 aromatic heterocycles. The Labute approximate surface area is 94.7 Å². The van der Waals surface area contributed by atoms with Crippen LogP contribution in [0, 0.1) is 5.92 Å². The van der Waals surface area contributed by atoms with E-state index in [0.717, 1.165) is 11.3 Å². The molecule has 1 atom stereocenters. The molecular formula is C12H16O2S. The van der Waals surface area contributed by atoms with Gasteiger partial charge in [-0.3, -0.25) is 4.79 Å². The zero-order chi connectivity index (χ0) is 11.1. The first-order valence-corrected chi connectivity index (χ1v) is 6.24. The van der Waals surface area contributed by atoms with Gasteiger partial charge in [0, 0.05) is 5.75 Å². The molecule has 0 amide bonds. The van der Waals surface area contributed by atoms with Gasteiger partial charge in [0.2, 0.25) is 0 Å². The molecule has 0 aliphatic carbocycles. The average molecular weight is 224 g/mol. The van der Waals surface area contributed by atoms with Gasteiger partial charge in [0.25, 0.3) is 0 Å². The molecule has 1 aromatic carbocycles. The topological polar surface area (TPSA) is 37.3 Å². The first kappa shape index (κ1) is 12.1. The molecule has 0 saturated carbocycles. The number of carboxylic acids is 1. The second kappa shape index (κ2) is 6.51. The Morgan fingerprint density at radius 1 is 1.40 bits per heavy atom. The monoisotopic (exact) mass is 224 g/mol. The number of rotatable bonds is 6. The van der Waals surface area contributed by atoms with Crippen molar-refractivity contribution in [2.24, 2.45) is 5.92 Å². The lowest BCUT2D eigenvalue weighted by molar-refractivity contribution is -0.140. The normalized spacial score (nSPS) is 12.3. The van der Waals surface area contributed by atoms with Gasteiger partial charge in [0.05, 0.1) is 5.92 Å². The number of benzene rings is 1. The number of aliphatic carboxylic acids is 1. The van der Waals surface area contributed by atoms with E-state index in [9.17, 15) is 4.79 Å². The summed E-state index contributed by atoms with van der Waals surface area (Å²) in [6.07, 6.45) is 0.628. The maximum Gasteiger partial charge on any atom is 0.307 e. The molecule has 2 nitrogen and oxygen atoms in total. The Balaban J connectivity index is 2.55. The summed E-state index contributed by atoms with van der Waals surface area (Å²) < 4.78 is 0. The van der Waals surface area contributed by atoms with Crippen LogP contribution in [0.3, 0.4) is 0 Å². The minimum Gasteiger partial charge on any atom is -0.481 e. The summed E-state index contributed by atoms with van der Waals surface area (Å²) >= 11 is 1.68. The molecule has 0 unspecified atom stereocenters. The van der Waals surface area contributed by atoms with E-state index in [2.05, 4.69) is 0 Å². The summed E-state index contributed by atoms with van der Waals surface area (Å²) in [7, 11) is 0. The van der Waals surface area contributed by atoms with Crippen LogP contribution in [-0.2, 0) is 11.2 Å². The minimum absolute atomic E-state index is 0.266. The first-order chi connectivity index (χ1) is 7.24. The third-order valence-corrected chi connectivity index (χ3v) is 3.24. The fraction of sp³-hybridized carbons (Fsp3) is 0.417. The Morgan fingerprint density at radius 3 is 2.60 bits per heavy atom. The summed E-state index contributed by atoms with van der Waals surface area (Å²) in [6.45, 7) is 2.05. The van der Waals surface area contributed by atoms with Crippen molar-refractivity contribution in [1.82, 2.24) is 0 Å². The molecule has 1 N–H and O–H groups in total. The van der Waals surface area contributed by atoms with E-state index in [-0.39, 0.29) is 5.92 Å². The van der Waals surface area contributed by atoms with Gasteiger partial charge in [-0.15, -0.1) is 0 Å². The van der Waals surface area contributed by atoms with Crippen LogP contribution in [0.2, 0.25) is 0 Å². The molecule has 15 heavy (non-hydrogen) atoms. The predicted octanol–water partition coefficient (Wildman–Crippen LogP) is 2.68. The highest BCUT2D eigenvalue weighted by molar-refractivity contribution is 7.99. The van der Waals surface area contributed by atoms with Crippen molar-refractivity contribution in [2.75, 3.05) is 11.5 Å². The molecule has 0 fully saturated rings. The third kappa shape index (κ3) is 4.38. The molecule has 1 rings (SSSR count). The molecule has 0 spiro atoms. The van der Waals surface area contributed by atoms with Gasteiger partial charge in [-0.05, 0) is 17.7 Å². The Hall–Kier alpha value is -0.960. The van der Waals surface area contributed by atoms with Crippen LogP contribution in [0.5, 0.6) is 0 Å². The van der Waals surface area contributed by atoms with E-state index in [1.807, 2.05) is 37.3 Å². The van der Waals surface area contributed by atoms with E-state index < -0.39 is 5.97 Å². The number of hydrogen-bond acceptors (Lipinski definition) is 2. The van der Waals surface area contributed by atoms with Crippen molar-refractivity contribution in [3.05, 3.63) is 35.9 Å². The number of hydrogen-bond donors (Lipinski definition) is 1.